The highest BCUT2D eigenvalue weighted by Crippen LogP contribution is 2.13. The Balaban J connectivity index is 0.00000441. The van der Waals surface area contributed by atoms with Crippen LogP contribution >= 0.6 is 12.4 Å². The number of rotatable bonds is 9. The van der Waals surface area contributed by atoms with E-state index in [0.717, 1.165) is 12.3 Å². The third kappa shape index (κ3) is 8.87. The number of hydrogen-bond donors (Lipinski definition) is 2. The fourth-order valence-electron chi connectivity index (χ4n) is 2.03. The van der Waals surface area contributed by atoms with Crippen molar-refractivity contribution in [2.45, 2.75) is 13.8 Å². The number of carbonyl (C=O) groups excluding carboxylic acids is 1. The molecular weight excluding hydrogens is 302 g/mol. The zero-order valence-corrected chi connectivity index (χ0v) is 14.5. The lowest BCUT2D eigenvalue weighted by Gasteiger charge is -2.28. The van der Waals surface area contributed by atoms with Crippen LogP contribution in [0.5, 0.6) is 5.75 Å². The molecule has 0 saturated carbocycles. The number of benzene rings is 1. The predicted molar refractivity (Wildman–Crippen MR) is 92.5 cm³/mol. The molecular formula is C16H28ClN3O2. The summed E-state index contributed by atoms with van der Waals surface area (Å²) < 4.78 is 5.51. The van der Waals surface area contributed by atoms with Gasteiger partial charge in [0.05, 0.1) is 13.1 Å². The van der Waals surface area contributed by atoms with Crippen molar-refractivity contribution < 1.29 is 9.53 Å². The Labute approximate surface area is 139 Å². The number of hydrogen-bond acceptors (Lipinski definition) is 4. The monoisotopic (exact) mass is 329 g/mol. The van der Waals surface area contributed by atoms with Crippen molar-refractivity contribution >= 4 is 18.3 Å². The molecule has 0 fully saturated rings. The lowest BCUT2D eigenvalue weighted by molar-refractivity contribution is -0.122. The Morgan fingerprint density at radius 2 is 1.95 bits per heavy atom. The SMILES string of the molecule is CN(CC(=O)NCCOc1ccccc1)CC(C)(C)CN.Cl. The Hall–Kier alpha value is -1.30. The third-order valence-electron chi connectivity index (χ3n) is 3.10. The minimum atomic E-state index is 0. The molecule has 1 aromatic carbocycles. The molecule has 1 rings (SSSR count). The molecule has 3 N–H and O–H groups in total. The molecule has 0 radical (unpaired) electrons. The standard InChI is InChI=1S/C16H27N3O2.ClH/c1-16(2,12-17)13-19(3)11-15(20)18-9-10-21-14-7-5-4-6-8-14;/h4-8H,9-13,17H2,1-3H3,(H,18,20);1H. The van der Waals surface area contributed by atoms with Gasteiger partial charge in [-0.3, -0.25) is 9.69 Å². The Kier molecular flexibility index (Phi) is 9.81. The van der Waals surface area contributed by atoms with Crippen LogP contribution in [0.1, 0.15) is 13.8 Å². The third-order valence-corrected chi connectivity index (χ3v) is 3.10. The van der Waals surface area contributed by atoms with Crippen LogP contribution in [-0.4, -0.2) is 50.6 Å². The highest BCUT2D eigenvalue weighted by Gasteiger charge is 2.19. The number of halogens is 1. The number of para-hydroxylation sites is 1. The number of amides is 1. The molecule has 6 heteroatoms. The fourth-order valence-corrected chi connectivity index (χ4v) is 2.03. The van der Waals surface area contributed by atoms with Crippen molar-refractivity contribution in [1.82, 2.24) is 10.2 Å². The van der Waals surface area contributed by atoms with E-state index in [0.29, 0.717) is 26.2 Å². The maximum atomic E-state index is 11.8. The molecule has 22 heavy (non-hydrogen) atoms. The van der Waals surface area contributed by atoms with E-state index in [-0.39, 0.29) is 23.7 Å². The van der Waals surface area contributed by atoms with E-state index in [2.05, 4.69) is 19.2 Å². The molecule has 0 unspecified atom stereocenters. The second kappa shape index (κ2) is 10.4. The van der Waals surface area contributed by atoms with Crippen molar-refractivity contribution in [3.63, 3.8) is 0 Å². The van der Waals surface area contributed by atoms with Gasteiger partial charge in [0.2, 0.25) is 5.91 Å². The van der Waals surface area contributed by atoms with E-state index < -0.39 is 0 Å². The fraction of sp³-hybridized carbons (Fsp3) is 0.562. The zero-order chi connectivity index (χ0) is 15.7. The van der Waals surface area contributed by atoms with Crippen LogP contribution < -0.4 is 15.8 Å². The van der Waals surface area contributed by atoms with Gasteiger partial charge >= 0.3 is 0 Å². The first kappa shape index (κ1) is 20.7. The van der Waals surface area contributed by atoms with Crippen LogP contribution in [0.4, 0.5) is 0 Å². The molecule has 1 aromatic rings. The van der Waals surface area contributed by atoms with Gasteiger partial charge in [-0.2, -0.15) is 0 Å². The van der Waals surface area contributed by atoms with Gasteiger partial charge in [-0.25, -0.2) is 0 Å². The minimum Gasteiger partial charge on any atom is -0.492 e. The van der Waals surface area contributed by atoms with Gasteiger partial charge < -0.3 is 15.8 Å². The molecule has 0 spiro atoms. The first-order valence-electron chi connectivity index (χ1n) is 7.26. The van der Waals surface area contributed by atoms with Crippen molar-refractivity contribution in [2.24, 2.45) is 11.1 Å². The highest BCUT2D eigenvalue weighted by atomic mass is 35.5. The molecule has 0 atom stereocenters. The molecule has 0 heterocycles. The Morgan fingerprint density at radius 1 is 1.32 bits per heavy atom. The molecule has 1 amide bonds. The van der Waals surface area contributed by atoms with Crippen LogP contribution in [0.2, 0.25) is 0 Å². The first-order valence-corrected chi connectivity index (χ1v) is 7.26. The number of ether oxygens (including phenoxy) is 1. The molecule has 0 bridgehead atoms. The molecule has 5 nitrogen and oxygen atoms in total. The van der Waals surface area contributed by atoms with Crippen molar-refractivity contribution in [2.75, 3.05) is 39.8 Å². The summed E-state index contributed by atoms with van der Waals surface area (Å²) in [4.78, 5) is 13.8. The molecule has 0 aliphatic rings. The summed E-state index contributed by atoms with van der Waals surface area (Å²) in [5.74, 6) is 0.815. The molecule has 0 aromatic heterocycles. The van der Waals surface area contributed by atoms with E-state index in [4.69, 9.17) is 10.5 Å². The Morgan fingerprint density at radius 3 is 2.55 bits per heavy atom. The van der Waals surface area contributed by atoms with Gasteiger partial charge in [-0.05, 0) is 31.1 Å². The summed E-state index contributed by atoms with van der Waals surface area (Å²) in [7, 11) is 1.93. The van der Waals surface area contributed by atoms with Crippen molar-refractivity contribution in [1.29, 1.82) is 0 Å². The van der Waals surface area contributed by atoms with Crippen molar-refractivity contribution in [3.8, 4) is 5.75 Å². The molecule has 0 aliphatic heterocycles. The number of nitrogens with one attached hydrogen (secondary N) is 1. The van der Waals surface area contributed by atoms with E-state index in [1.165, 1.54) is 0 Å². The van der Waals surface area contributed by atoms with Gasteiger partial charge in [0, 0.05) is 6.54 Å². The molecule has 0 aliphatic carbocycles. The summed E-state index contributed by atoms with van der Waals surface area (Å²) in [5.41, 5.74) is 5.71. The minimum absolute atomic E-state index is 0. The molecule has 126 valence electrons. The van der Waals surface area contributed by atoms with Gasteiger partial charge in [0.15, 0.2) is 0 Å². The summed E-state index contributed by atoms with van der Waals surface area (Å²) in [6, 6.07) is 9.56. The highest BCUT2D eigenvalue weighted by molar-refractivity contribution is 5.85. The average molecular weight is 330 g/mol. The largest absolute Gasteiger partial charge is 0.492 e. The summed E-state index contributed by atoms with van der Waals surface area (Å²) >= 11 is 0. The van der Waals surface area contributed by atoms with Gasteiger partial charge in [0.25, 0.3) is 0 Å². The smallest absolute Gasteiger partial charge is 0.234 e. The topological polar surface area (TPSA) is 67.6 Å². The lowest BCUT2D eigenvalue weighted by atomic mass is 9.93. The molecule has 0 saturated heterocycles. The normalized spacial score (nSPS) is 11.0. The van der Waals surface area contributed by atoms with E-state index in [1.54, 1.807) is 0 Å². The van der Waals surface area contributed by atoms with Crippen LogP contribution in [0.25, 0.3) is 0 Å². The number of nitrogens with two attached hydrogens (primary N) is 1. The average Bonchev–Trinajstić information content (AvgIpc) is 2.44. The summed E-state index contributed by atoms with van der Waals surface area (Å²) in [6.45, 7) is 6.91. The van der Waals surface area contributed by atoms with Crippen LogP contribution in [0.3, 0.4) is 0 Å². The number of nitrogens with zero attached hydrogens (tertiary/aromatic N) is 1. The van der Waals surface area contributed by atoms with Crippen molar-refractivity contribution in [3.05, 3.63) is 30.3 Å². The second-order valence-electron chi connectivity index (χ2n) is 6.05. The van der Waals surface area contributed by atoms with Crippen LogP contribution in [0.15, 0.2) is 30.3 Å². The Bertz CT molecular complexity index is 427. The lowest BCUT2D eigenvalue weighted by Crippen LogP contribution is -2.42. The van der Waals surface area contributed by atoms with Gasteiger partial charge in [-0.1, -0.05) is 32.0 Å². The maximum absolute atomic E-state index is 11.8. The van der Waals surface area contributed by atoms with Crippen LogP contribution in [0, 0.1) is 5.41 Å². The zero-order valence-electron chi connectivity index (χ0n) is 13.7. The predicted octanol–water partition coefficient (Wildman–Crippen LogP) is 1.52. The second-order valence-corrected chi connectivity index (χ2v) is 6.05. The maximum Gasteiger partial charge on any atom is 0.234 e. The summed E-state index contributed by atoms with van der Waals surface area (Å²) in [6.07, 6.45) is 0. The first-order chi connectivity index (χ1) is 9.93. The van der Waals surface area contributed by atoms with Gasteiger partial charge in [-0.15, -0.1) is 12.4 Å². The van der Waals surface area contributed by atoms with Crippen LogP contribution in [-0.2, 0) is 4.79 Å². The summed E-state index contributed by atoms with van der Waals surface area (Å²) in [5, 5.41) is 2.85. The quantitative estimate of drug-likeness (QED) is 0.674. The van der Waals surface area contributed by atoms with Gasteiger partial charge in [0.1, 0.15) is 12.4 Å². The van der Waals surface area contributed by atoms with E-state index >= 15 is 0 Å². The van der Waals surface area contributed by atoms with E-state index in [9.17, 15) is 4.79 Å². The van der Waals surface area contributed by atoms with E-state index in [1.807, 2.05) is 42.3 Å². The number of carbonyl (C=O) groups is 1. The number of likely N-dealkylation sites (N-methyl/N-ethyl adjacent to an activating group) is 1.